The van der Waals surface area contributed by atoms with Crippen molar-refractivity contribution in [2.24, 2.45) is 11.3 Å². The lowest BCUT2D eigenvalue weighted by Crippen LogP contribution is -2.40. The summed E-state index contributed by atoms with van der Waals surface area (Å²) in [6.45, 7) is 3.93. The number of pyridine rings is 1. The Balaban J connectivity index is 1.80. The molecule has 0 bridgehead atoms. The average molecular weight is 303 g/mol. The number of aromatic nitrogens is 1. The van der Waals surface area contributed by atoms with Crippen LogP contribution in [0.5, 0.6) is 0 Å². The van der Waals surface area contributed by atoms with Crippen molar-refractivity contribution >= 4 is 17.5 Å². The molecule has 2 amide bonds. The van der Waals surface area contributed by atoms with E-state index in [9.17, 15) is 9.59 Å². The number of rotatable bonds is 3. The molecule has 0 aromatic carbocycles. The third-order valence-electron chi connectivity index (χ3n) is 4.94. The van der Waals surface area contributed by atoms with Crippen LogP contribution in [0.3, 0.4) is 0 Å². The van der Waals surface area contributed by atoms with Crippen LogP contribution >= 0.6 is 0 Å². The predicted octanol–water partition coefficient (Wildman–Crippen LogP) is 0.929. The molecular weight excluding hydrogens is 282 g/mol. The van der Waals surface area contributed by atoms with Crippen LogP contribution in [0.2, 0.25) is 0 Å². The molecule has 0 unspecified atom stereocenters. The number of carbonyl (C=O) groups excluding carboxylic acids is 2. The van der Waals surface area contributed by atoms with Crippen molar-refractivity contribution in [1.82, 2.24) is 9.88 Å². The lowest BCUT2D eigenvalue weighted by atomic mass is 9.78. The summed E-state index contributed by atoms with van der Waals surface area (Å²) in [4.78, 5) is 32.7. The topological polar surface area (TPSA) is 62.7 Å². The molecule has 3 heterocycles. The summed E-state index contributed by atoms with van der Waals surface area (Å²) < 4.78 is 4.92. The minimum absolute atomic E-state index is 0.0427. The van der Waals surface area contributed by atoms with Crippen molar-refractivity contribution in [3.63, 3.8) is 0 Å². The van der Waals surface area contributed by atoms with E-state index in [4.69, 9.17) is 4.74 Å². The summed E-state index contributed by atoms with van der Waals surface area (Å²) in [5.41, 5.74) is 0.373. The number of ether oxygens (including phenoxy) is 1. The second kappa shape index (κ2) is 5.68. The highest BCUT2D eigenvalue weighted by Gasteiger charge is 2.56. The minimum atomic E-state index is -0.459. The minimum Gasteiger partial charge on any atom is -0.375 e. The Morgan fingerprint density at radius 2 is 2.36 bits per heavy atom. The van der Waals surface area contributed by atoms with E-state index in [2.05, 4.69) is 11.9 Å². The van der Waals surface area contributed by atoms with Gasteiger partial charge >= 0.3 is 0 Å². The van der Waals surface area contributed by atoms with E-state index >= 15 is 0 Å². The standard InChI is InChI=1S/C16H21N3O3/c1-12-9-18(14(20)10-22-2)11-16(12)5-7-19(15(16)21)13-4-3-6-17-8-13/h3-4,6,8,12H,5,7,9-11H2,1-2H3/t12-,16-/m1/s1. The molecule has 2 saturated heterocycles. The van der Waals surface area contributed by atoms with E-state index in [-0.39, 0.29) is 24.3 Å². The van der Waals surface area contributed by atoms with Gasteiger partial charge in [0.15, 0.2) is 0 Å². The quantitative estimate of drug-likeness (QED) is 0.833. The Morgan fingerprint density at radius 1 is 1.55 bits per heavy atom. The van der Waals surface area contributed by atoms with E-state index in [0.29, 0.717) is 19.6 Å². The monoisotopic (exact) mass is 303 g/mol. The fourth-order valence-electron chi connectivity index (χ4n) is 3.62. The maximum atomic E-state index is 13.0. The lowest BCUT2D eigenvalue weighted by Gasteiger charge is -2.26. The SMILES string of the molecule is COCC(=O)N1C[C@@H](C)[C@@]2(CCN(c3cccnc3)C2=O)C1. The first-order chi connectivity index (χ1) is 10.6. The highest BCUT2D eigenvalue weighted by atomic mass is 16.5. The largest absolute Gasteiger partial charge is 0.375 e. The number of methoxy groups -OCH3 is 1. The Morgan fingerprint density at radius 3 is 3.05 bits per heavy atom. The smallest absolute Gasteiger partial charge is 0.248 e. The van der Waals surface area contributed by atoms with Crippen LogP contribution in [0.15, 0.2) is 24.5 Å². The van der Waals surface area contributed by atoms with Gasteiger partial charge in [-0.25, -0.2) is 0 Å². The number of nitrogens with zero attached hydrogens (tertiary/aromatic N) is 3. The van der Waals surface area contributed by atoms with Gasteiger partial charge in [-0.3, -0.25) is 14.6 Å². The Kier molecular flexibility index (Phi) is 3.87. The van der Waals surface area contributed by atoms with Gasteiger partial charge in [0.25, 0.3) is 0 Å². The molecule has 6 heteroatoms. The van der Waals surface area contributed by atoms with E-state index in [1.165, 1.54) is 7.11 Å². The molecule has 0 N–H and O–H groups in total. The molecule has 1 aromatic heterocycles. The summed E-state index contributed by atoms with van der Waals surface area (Å²) in [5.74, 6) is 0.224. The zero-order chi connectivity index (χ0) is 15.7. The van der Waals surface area contributed by atoms with Gasteiger partial charge in [0.1, 0.15) is 6.61 Å². The first-order valence-corrected chi connectivity index (χ1v) is 7.57. The summed E-state index contributed by atoms with van der Waals surface area (Å²) in [7, 11) is 1.51. The number of likely N-dealkylation sites (tertiary alicyclic amines) is 1. The normalized spacial score (nSPS) is 27.9. The first-order valence-electron chi connectivity index (χ1n) is 7.57. The second-order valence-corrected chi connectivity index (χ2v) is 6.18. The third kappa shape index (κ3) is 2.27. The maximum absolute atomic E-state index is 13.0. The van der Waals surface area contributed by atoms with Gasteiger partial charge in [-0.15, -0.1) is 0 Å². The molecular formula is C16H21N3O3. The molecule has 2 atom stereocenters. The highest BCUT2D eigenvalue weighted by Crippen LogP contribution is 2.45. The highest BCUT2D eigenvalue weighted by molar-refractivity contribution is 6.00. The molecule has 118 valence electrons. The van der Waals surface area contributed by atoms with Gasteiger partial charge in [0.05, 0.1) is 17.3 Å². The molecule has 2 fully saturated rings. The van der Waals surface area contributed by atoms with Gasteiger partial charge < -0.3 is 14.5 Å². The molecule has 0 saturated carbocycles. The molecule has 22 heavy (non-hydrogen) atoms. The summed E-state index contributed by atoms with van der Waals surface area (Å²) >= 11 is 0. The van der Waals surface area contributed by atoms with Crippen LogP contribution in [-0.4, -0.2) is 55.0 Å². The molecule has 2 aliphatic heterocycles. The van der Waals surface area contributed by atoms with Crippen LogP contribution in [0.1, 0.15) is 13.3 Å². The van der Waals surface area contributed by atoms with Crippen LogP contribution < -0.4 is 4.90 Å². The second-order valence-electron chi connectivity index (χ2n) is 6.18. The average Bonchev–Trinajstić information content (AvgIpc) is 3.03. The lowest BCUT2D eigenvalue weighted by molar-refractivity contribution is -0.135. The van der Waals surface area contributed by atoms with E-state index in [1.54, 1.807) is 22.2 Å². The van der Waals surface area contributed by atoms with Crippen LogP contribution in [0.25, 0.3) is 0 Å². The van der Waals surface area contributed by atoms with Crippen LogP contribution in [-0.2, 0) is 14.3 Å². The van der Waals surface area contributed by atoms with Crippen molar-refractivity contribution in [1.29, 1.82) is 0 Å². The number of carbonyl (C=O) groups is 2. The Bertz CT molecular complexity index is 577. The fourth-order valence-corrected chi connectivity index (χ4v) is 3.62. The van der Waals surface area contributed by atoms with Gasteiger partial charge in [-0.1, -0.05) is 6.92 Å². The van der Waals surface area contributed by atoms with Gasteiger partial charge in [-0.05, 0) is 24.5 Å². The van der Waals surface area contributed by atoms with Crippen LogP contribution in [0.4, 0.5) is 5.69 Å². The Labute approximate surface area is 130 Å². The number of amides is 2. The van der Waals surface area contributed by atoms with Crippen molar-refractivity contribution in [3.05, 3.63) is 24.5 Å². The number of anilines is 1. The van der Waals surface area contributed by atoms with E-state index in [1.807, 2.05) is 12.1 Å². The van der Waals surface area contributed by atoms with E-state index in [0.717, 1.165) is 12.1 Å². The van der Waals surface area contributed by atoms with Gasteiger partial charge in [0.2, 0.25) is 11.8 Å². The van der Waals surface area contributed by atoms with Crippen molar-refractivity contribution in [2.45, 2.75) is 13.3 Å². The molecule has 6 nitrogen and oxygen atoms in total. The molecule has 0 radical (unpaired) electrons. The molecule has 1 aromatic rings. The zero-order valence-corrected chi connectivity index (χ0v) is 13.0. The van der Waals surface area contributed by atoms with Crippen molar-refractivity contribution in [2.75, 3.05) is 38.3 Å². The summed E-state index contributed by atoms with van der Waals surface area (Å²) in [5, 5.41) is 0. The fraction of sp³-hybridized carbons (Fsp3) is 0.562. The van der Waals surface area contributed by atoms with E-state index < -0.39 is 5.41 Å². The van der Waals surface area contributed by atoms with Gasteiger partial charge in [0, 0.05) is 32.9 Å². The summed E-state index contributed by atoms with van der Waals surface area (Å²) in [6, 6.07) is 3.73. The third-order valence-corrected chi connectivity index (χ3v) is 4.94. The molecule has 0 aliphatic carbocycles. The summed E-state index contributed by atoms with van der Waals surface area (Å²) in [6.07, 6.45) is 4.19. The Hall–Kier alpha value is -1.95. The van der Waals surface area contributed by atoms with Crippen molar-refractivity contribution in [3.8, 4) is 0 Å². The maximum Gasteiger partial charge on any atom is 0.248 e. The van der Waals surface area contributed by atoms with Crippen molar-refractivity contribution < 1.29 is 14.3 Å². The molecule has 3 rings (SSSR count). The molecule has 2 aliphatic rings. The van der Waals surface area contributed by atoms with Crippen LogP contribution in [0, 0.1) is 11.3 Å². The first kappa shape index (κ1) is 15.0. The van der Waals surface area contributed by atoms with Gasteiger partial charge in [-0.2, -0.15) is 0 Å². The predicted molar refractivity (Wildman–Crippen MR) is 81.3 cm³/mol. The number of hydrogen-bond acceptors (Lipinski definition) is 4. The molecule has 1 spiro atoms. The number of hydrogen-bond donors (Lipinski definition) is 0. The zero-order valence-electron chi connectivity index (χ0n) is 13.0.